The summed E-state index contributed by atoms with van der Waals surface area (Å²) >= 11 is 0. The van der Waals surface area contributed by atoms with E-state index < -0.39 is 36.5 Å². The Balaban J connectivity index is 2.11. The number of para-hydroxylation sites is 1. The summed E-state index contributed by atoms with van der Waals surface area (Å²) in [5.41, 5.74) is -0.445. The first kappa shape index (κ1) is 21.8. The van der Waals surface area contributed by atoms with Crippen LogP contribution >= 0.6 is 0 Å². The number of aromatic nitrogens is 2. The second kappa shape index (κ2) is 7.40. The molecule has 0 saturated heterocycles. The lowest BCUT2D eigenvalue weighted by Crippen LogP contribution is -2.27. The molecule has 0 saturated carbocycles. The van der Waals surface area contributed by atoms with E-state index in [1.807, 2.05) is 0 Å². The zero-order chi connectivity index (χ0) is 22.3. The first-order valence-corrected chi connectivity index (χ1v) is 12.2. The van der Waals surface area contributed by atoms with Gasteiger partial charge in [0.2, 0.25) is 0 Å². The van der Waals surface area contributed by atoms with Crippen LogP contribution in [0.3, 0.4) is 0 Å². The molecule has 0 atom stereocenters. The Labute approximate surface area is 174 Å². The van der Waals surface area contributed by atoms with Gasteiger partial charge in [-0.2, -0.15) is 4.68 Å². The maximum absolute atomic E-state index is 13.0. The molecule has 1 heterocycles. The quantitative estimate of drug-likeness (QED) is 0.646. The molecule has 9 nitrogen and oxygen atoms in total. The number of hydrogen-bond acceptors (Lipinski definition) is 7. The second-order valence-electron chi connectivity index (χ2n) is 7.58. The van der Waals surface area contributed by atoms with E-state index >= 15 is 0 Å². The molecule has 160 valence electrons. The van der Waals surface area contributed by atoms with Crippen molar-refractivity contribution in [3.63, 3.8) is 0 Å². The van der Waals surface area contributed by atoms with Gasteiger partial charge in [-0.15, -0.1) is 5.10 Å². The summed E-state index contributed by atoms with van der Waals surface area (Å²) in [6.45, 7) is 5.09. The average molecular weight is 452 g/mol. The Morgan fingerprint density at radius 1 is 0.967 bits per heavy atom. The van der Waals surface area contributed by atoms with Crippen molar-refractivity contribution in [1.29, 1.82) is 0 Å². The van der Waals surface area contributed by atoms with Crippen molar-refractivity contribution >= 4 is 42.7 Å². The van der Waals surface area contributed by atoms with Crippen LogP contribution in [0.5, 0.6) is 0 Å². The third kappa shape index (κ3) is 4.46. The monoisotopic (exact) mass is 451 g/mol. The lowest BCUT2D eigenvalue weighted by atomic mass is 10.2. The van der Waals surface area contributed by atoms with Crippen LogP contribution in [0.1, 0.15) is 20.8 Å². The zero-order valence-electron chi connectivity index (χ0n) is 16.8. The highest BCUT2D eigenvalue weighted by Gasteiger charge is 2.27. The smallest absolute Gasteiger partial charge is 0.435 e. The van der Waals surface area contributed by atoms with Crippen LogP contribution < -0.4 is 4.72 Å². The van der Waals surface area contributed by atoms with E-state index in [1.54, 1.807) is 45.0 Å². The Kier molecular flexibility index (Phi) is 5.37. The SMILES string of the molecule is CC(C)(C)OC(=O)n1nc(NS(=O)(=O)c2ccccc2S(C)(=O)=O)c2ccccc21. The first-order chi connectivity index (χ1) is 13.8. The van der Waals surface area contributed by atoms with Crippen molar-refractivity contribution in [2.45, 2.75) is 36.2 Å². The number of ether oxygens (including phenoxy) is 1. The van der Waals surface area contributed by atoms with Gasteiger partial charge < -0.3 is 4.74 Å². The van der Waals surface area contributed by atoms with Crippen LogP contribution in [-0.4, -0.2) is 44.6 Å². The fourth-order valence-electron chi connectivity index (χ4n) is 2.75. The number of rotatable bonds is 4. The predicted octanol–water partition coefficient (Wildman–Crippen LogP) is 3.02. The fraction of sp³-hybridized carbons (Fsp3) is 0.263. The standard InChI is InChI=1S/C19H21N3O6S2/c1-19(2,3)28-18(23)22-14-10-6-5-9-13(14)17(20-22)21-30(26,27)16-12-8-7-11-15(16)29(4,24)25/h5-12H,1-4H3,(H,20,21). The van der Waals surface area contributed by atoms with Gasteiger partial charge in [0.1, 0.15) is 10.5 Å². The highest BCUT2D eigenvalue weighted by atomic mass is 32.2. The van der Waals surface area contributed by atoms with Gasteiger partial charge in [0.15, 0.2) is 15.7 Å². The van der Waals surface area contributed by atoms with Gasteiger partial charge in [0.25, 0.3) is 10.0 Å². The number of benzene rings is 2. The molecule has 1 N–H and O–H groups in total. The number of hydrogen-bond donors (Lipinski definition) is 1. The van der Waals surface area contributed by atoms with E-state index in [2.05, 4.69) is 9.82 Å². The van der Waals surface area contributed by atoms with Crippen LogP contribution in [0.2, 0.25) is 0 Å². The molecule has 11 heteroatoms. The lowest BCUT2D eigenvalue weighted by molar-refractivity contribution is 0.0523. The normalized spacial score (nSPS) is 12.7. The molecule has 0 aliphatic heterocycles. The molecule has 0 aliphatic rings. The summed E-state index contributed by atoms with van der Waals surface area (Å²) in [6, 6.07) is 11.8. The van der Waals surface area contributed by atoms with Gasteiger partial charge in [-0.3, -0.25) is 4.72 Å². The minimum Gasteiger partial charge on any atom is -0.442 e. The van der Waals surface area contributed by atoms with Crippen molar-refractivity contribution < 1.29 is 26.4 Å². The molecule has 0 bridgehead atoms. The summed E-state index contributed by atoms with van der Waals surface area (Å²) in [7, 11) is -8.12. The third-order valence-corrected chi connectivity index (χ3v) is 6.60. The average Bonchev–Trinajstić information content (AvgIpc) is 2.98. The minimum absolute atomic E-state index is 0.125. The molecule has 1 aromatic heterocycles. The Hall–Kier alpha value is -2.92. The molecular weight excluding hydrogens is 430 g/mol. The van der Waals surface area contributed by atoms with Gasteiger partial charge in [-0.1, -0.05) is 24.3 Å². The molecule has 3 rings (SSSR count). The molecule has 0 spiro atoms. The summed E-state index contributed by atoms with van der Waals surface area (Å²) in [4.78, 5) is 11.8. The molecule has 0 unspecified atom stereocenters. The predicted molar refractivity (Wildman–Crippen MR) is 112 cm³/mol. The highest BCUT2D eigenvalue weighted by Crippen LogP contribution is 2.28. The number of sulfone groups is 1. The van der Waals surface area contributed by atoms with Gasteiger partial charge in [-0.25, -0.2) is 21.6 Å². The molecule has 3 aromatic rings. The molecular formula is C19H21N3O6S2. The molecule has 0 aliphatic carbocycles. The molecule has 0 amide bonds. The van der Waals surface area contributed by atoms with Crippen LogP contribution in [0.15, 0.2) is 58.3 Å². The molecule has 0 fully saturated rings. The number of carbonyl (C=O) groups excluding carboxylic acids is 1. The van der Waals surface area contributed by atoms with Gasteiger partial charge in [0.05, 0.1) is 10.4 Å². The van der Waals surface area contributed by atoms with Crippen molar-refractivity contribution in [3.05, 3.63) is 48.5 Å². The number of nitrogens with zero attached hydrogens (tertiary/aromatic N) is 2. The van der Waals surface area contributed by atoms with Crippen LogP contribution in [-0.2, 0) is 24.6 Å². The van der Waals surface area contributed by atoms with E-state index in [0.717, 1.165) is 10.9 Å². The van der Waals surface area contributed by atoms with Crippen LogP contribution in [0.25, 0.3) is 10.9 Å². The largest absolute Gasteiger partial charge is 0.442 e. The summed E-state index contributed by atoms with van der Waals surface area (Å²) in [5, 5.41) is 4.43. The van der Waals surface area contributed by atoms with Crippen molar-refractivity contribution in [3.8, 4) is 0 Å². The second-order valence-corrected chi connectivity index (χ2v) is 11.2. The van der Waals surface area contributed by atoms with E-state index in [4.69, 9.17) is 4.74 Å². The van der Waals surface area contributed by atoms with Crippen molar-refractivity contribution in [2.75, 3.05) is 11.0 Å². The summed E-state index contributed by atoms with van der Waals surface area (Å²) < 4.78 is 58.6. The summed E-state index contributed by atoms with van der Waals surface area (Å²) in [6.07, 6.45) is 0.147. The van der Waals surface area contributed by atoms with Gasteiger partial charge in [0, 0.05) is 11.6 Å². The number of fused-ring (bicyclic) bond motifs is 1. The maximum Gasteiger partial charge on any atom is 0.435 e. The fourth-order valence-corrected chi connectivity index (χ4v) is 5.40. The first-order valence-electron chi connectivity index (χ1n) is 8.83. The molecule has 30 heavy (non-hydrogen) atoms. The third-order valence-electron chi connectivity index (χ3n) is 3.92. The number of anilines is 1. The highest BCUT2D eigenvalue weighted by molar-refractivity contribution is 7.95. The topological polar surface area (TPSA) is 124 Å². The van der Waals surface area contributed by atoms with Crippen LogP contribution in [0, 0.1) is 0 Å². The van der Waals surface area contributed by atoms with Crippen molar-refractivity contribution in [2.24, 2.45) is 0 Å². The van der Waals surface area contributed by atoms with E-state index in [-0.39, 0.29) is 10.7 Å². The van der Waals surface area contributed by atoms with E-state index in [1.165, 1.54) is 24.3 Å². The van der Waals surface area contributed by atoms with E-state index in [9.17, 15) is 21.6 Å². The maximum atomic E-state index is 13.0. The Morgan fingerprint density at radius 3 is 2.13 bits per heavy atom. The lowest BCUT2D eigenvalue weighted by Gasteiger charge is -2.19. The summed E-state index contributed by atoms with van der Waals surface area (Å²) in [5.74, 6) is -0.125. The Morgan fingerprint density at radius 2 is 1.53 bits per heavy atom. The van der Waals surface area contributed by atoms with Crippen LogP contribution in [0.4, 0.5) is 10.6 Å². The van der Waals surface area contributed by atoms with E-state index in [0.29, 0.717) is 10.9 Å². The van der Waals surface area contributed by atoms with Gasteiger partial charge >= 0.3 is 6.09 Å². The number of nitrogens with one attached hydrogen (secondary N) is 1. The Bertz CT molecular complexity index is 1340. The molecule has 0 radical (unpaired) electrons. The zero-order valence-corrected chi connectivity index (χ0v) is 18.4. The minimum atomic E-state index is -4.32. The van der Waals surface area contributed by atoms with Gasteiger partial charge in [-0.05, 0) is 45.0 Å². The van der Waals surface area contributed by atoms with Crippen molar-refractivity contribution in [1.82, 2.24) is 9.78 Å². The number of sulfonamides is 1. The number of carbonyl (C=O) groups is 1. The molecule has 2 aromatic carbocycles.